The molecule has 4 rings (SSSR count). The Morgan fingerprint density at radius 3 is 2.63 bits per heavy atom. The number of halogens is 1. The minimum Gasteiger partial charge on any atom is -0.439 e. The van der Waals surface area contributed by atoms with Crippen molar-refractivity contribution in [3.63, 3.8) is 0 Å². The van der Waals surface area contributed by atoms with Crippen molar-refractivity contribution in [2.24, 2.45) is 0 Å². The third kappa shape index (κ3) is 4.14. The van der Waals surface area contributed by atoms with Gasteiger partial charge in [0.15, 0.2) is 5.82 Å². The Kier molecular flexibility index (Phi) is 5.42. The summed E-state index contributed by atoms with van der Waals surface area (Å²) in [5.74, 6) is 1.84. The fourth-order valence-corrected chi connectivity index (χ4v) is 3.15. The molecule has 0 saturated carbocycles. The van der Waals surface area contributed by atoms with Gasteiger partial charge in [0.1, 0.15) is 17.3 Å². The largest absolute Gasteiger partial charge is 0.439 e. The Labute approximate surface area is 173 Å². The molecule has 154 valence electrons. The summed E-state index contributed by atoms with van der Waals surface area (Å²) in [7, 11) is 1.84. The molecule has 1 aliphatic rings. The number of rotatable bonds is 6. The molecular formula is C21H21FN6O2. The third-order valence-electron chi connectivity index (χ3n) is 4.68. The van der Waals surface area contributed by atoms with Crippen LogP contribution in [0, 0.1) is 5.82 Å². The minimum atomic E-state index is -0.318. The van der Waals surface area contributed by atoms with E-state index in [1.54, 1.807) is 35.5 Å². The SMILES string of the molecule is CCN1C(=O)CN(C)c2nc(NCc3ccc(Oc4ccc(F)cc4)nc3)ncc21. The number of anilines is 3. The van der Waals surface area contributed by atoms with Crippen molar-refractivity contribution < 1.29 is 13.9 Å². The van der Waals surface area contributed by atoms with Crippen LogP contribution in [-0.2, 0) is 11.3 Å². The molecule has 1 aromatic carbocycles. The molecule has 1 amide bonds. The number of fused-ring (bicyclic) bond motifs is 1. The van der Waals surface area contributed by atoms with Crippen LogP contribution in [0.3, 0.4) is 0 Å². The maximum absolute atomic E-state index is 13.0. The molecule has 0 bridgehead atoms. The summed E-state index contributed by atoms with van der Waals surface area (Å²) in [4.78, 5) is 28.8. The monoisotopic (exact) mass is 408 g/mol. The van der Waals surface area contributed by atoms with Crippen molar-refractivity contribution >= 4 is 23.4 Å². The van der Waals surface area contributed by atoms with Crippen LogP contribution in [0.1, 0.15) is 12.5 Å². The van der Waals surface area contributed by atoms with Gasteiger partial charge in [-0.3, -0.25) is 4.79 Å². The molecule has 3 heterocycles. The second kappa shape index (κ2) is 8.32. The normalized spacial score (nSPS) is 13.2. The number of likely N-dealkylation sites (N-methyl/N-ethyl adjacent to an activating group) is 2. The molecule has 3 aromatic rings. The molecule has 0 fully saturated rings. The maximum atomic E-state index is 13.0. The van der Waals surface area contributed by atoms with Crippen LogP contribution >= 0.6 is 0 Å². The van der Waals surface area contributed by atoms with E-state index < -0.39 is 0 Å². The summed E-state index contributed by atoms with van der Waals surface area (Å²) in [6, 6.07) is 9.38. The van der Waals surface area contributed by atoms with Gasteiger partial charge < -0.3 is 19.9 Å². The summed E-state index contributed by atoms with van der Waals surface area (Å²) in [5.41, 5.74) is 1.63. The van der Waals surface area contributed by atoms with E-state index in [2.05, 4.69) is 20.3 Å². The van der Waals surface area contributed by atoms with Crippen molar-refractivity contribution in [1.82, 2.24) is 15.0 Å². The molecule has 2 aromatic heterocycles. The zero-order chi connectivity index (χ0) is 21.1. The zero-order valence-corrected chi connectivity index (χ0v) is 16.7. The first-order valence-electron chi connectivity index (χ1n) is 9.54. The molecule has 30 heavy (non-hydrogen) atoms. The second-order valence-electron chi connectivity index (χ2n) is 6.81. The molecule has 1 N–H and O–H groups in total. The van der Waals surface area contributed by atoms with E-state index in [4.69, 9.17) is 4.74 Å². The number of hydrogen-bond acceptors (Lipinski definition) is 7. The molecule has 0 unspecified atom stereocenters. The van der Waals surface area contributed by atoms with Crippen molar-refractivity contribution in [3.8, 4) is 11.6 Å². The number of benzene rings is 1. The quantitative estimate of drug-likeness (QED) is 0.670. The maximum Gasteiger partial charge on any atom is 0.246 e. The van der Waals surface area contributed by atoms with Crippen LogP contribution in [-0.4, -0.2) is 41.0 Å². The predicted molar refractivity (Wildman–Crippen MR) is 111 cm³/mol. The highest BCUT2D eigenvalue weighted by atomic mass is 19.1. The topological polar surface area (TPSA) is 83.5 Å². The Balaban J connectivity index is 1.40. The van der Waals surface area contributed by atoms with Crippen LogP contribution in [0.4, 0.5) is 21.8 Å². The summed E-state index contributed by atoms with van der Waals surface area (Å²) in [6.45, 7) is 3.27. The lowest BCUT2D eigenvalue weighted by Gasteiger charge is -2.33. The molecule has 0 saturated heterocycles. The average molecular weight is 408 g/mol. The van der Waals surface area contributed by atoms with E-state index in [0.29, 0.717) is 36.4 Å². The van der Waals surface area contributed by atoms with Crippen molar-refractivity contribution in [3.05, 3.63) is 60.2 Å². The number of carbonyl (C=O) groups is 1. The second-order valence-corrected chi connectivity index (χ2v) is 6.81. The lowest BCUT2D eigenvalue weighted by atomic mass is 10.2. The van der Waals surface area contributed by atoms with Crippen LogP contribution in [0.5, 0.6) is 11.6 Å². The zero-order valence-electron chi connectivity index (χ0n) is 16.7. The lowest BCUT2D eigenvalue weighted by molar-refractivity contribution is -0.117. The Bertz CT molecular complexity index is 1040. The van der Waals surface area contributed by atoms with Gasteiger partial charge in [-0.2, -0.15) is 4.98 Å². The molecule has 0 aliphatic carbocycles. The van der Waals surface area contributed by atoms with Gasteiger partial charge in [-0.1, -0.05) is 6.07 Å². The van der Waals surface area contributed by atoms with Gasteiger partial charge in [-0.15, -0.1) is 0 Å². The van der Waals surface area contributed by atoms with Gasteiger partial charge in [0.05, 0.1) is 12.7 Å². The van der Waals surface area contributed by atoms with Gasteiger partial charge in [0.2, 0.25) is 17.7 Å². The number of nitrogens with zero attached hydrogens (tertiary/aromatic N) is 5. The van der Waals surface area contributed by atoms with Crippen LogP contribution in [0.25, 0.3) is 0 Å². The number of nitrogens with one attached hydrogen (secondary N) is 1. The van der Waals surface area contributed by atoms with Crippen molar-refractivity contribution in [2.75, 3.05) is 35.3 Å². The summed E-state index contributed by atoms with van der Waals surface area (Å²) in [6.07, 6.45) is 3.35. The first-order valence-corrected chi connectivity index (χ1v) is 9.54. The first-order chi connectivity index (χ1) is 14.5. The number of hydrogen-bond donors (Lipinski definition) is 1. The summed E-state index contributed by atoms with van der Waals surface area (Å²) >= 11 is 0. The van der Waals surface area contributed by atoms with E-state index in [1.807, 2.05) is 24.9 Å². The standard InChI is InChI=1S/C21H21FN6O2/c1-3-28-17-12-25-21(26-20(17)27(2)13-19(28)29)24-11-14-4-9-18(23-10-14)30-16-7-5-15(22)6-8-16/h4-10,12H,3,11,13H2,1-2H3,(H,24,25,26). The summed E-state index contributed by atoms with van der Waals surface area (Å²) in [5, 5.41) is 3.18. The highest BCUT2D eigenvalue weighted by molar-refractivity contribution is 6.02. The minimum absolute atomic E-state index is 0.0332. The molecule has 9 heteroatoms. The van der Waals surface area contributed by atoms with Gasteiger partial charge in [0.25, 0.3) is 0 Å². The van der Waals surface area contributed by atoms with Gasteiger partial charge >= 0.3 is 0 Å². The van der Waals surface area contributed by atoms with Gasteiger partial charge in [0, 0.05) is 32.4 Å². The first kappa shape index (κ1) is 19.6. The van der Waals surface area contributed by atoms with Crippen molar-refractivity contribution in [1.29, 1.82) is 0 Å². The summed E-state index contributed by atoms with van der Waals surface area (Å²) < 4.78 is 18.6. The molecule has 0 atom stereocenters. The van der Waals surface area contributed by atoms with E-state index >= 15 is 0 Å². The predicted octanol–water partition coefficient (Wildman–Crippen LogP) is 3.22. The highest BCUT2D eigenvalue weighted by Crippen LogP contribution is 2.30. The number of pyridine rings is 1. The van der Waals surface area contributed by atoms with Gasteiger partial charge in [-0.25, -0.2) is 14.4 Å². The number of amides is 1. The van der Waals surface area contributed by atoms with Crippen molar-refractivity contribution in [2.45, 2.75) is 13.5 Å². The molecule has 0 radical (unpaired) electrons. The fraction of sp³-hybridized carbons (Fsp3) is 0.238. The Hall–Kier alpha value is -3.75. The van der Waals surface area contributed by atoms with E-state index in [1.165, 1.54) is 12.1 Å². The average Bonchev–Trinajstić information content (AvgIpc) is 2.75. The molecule has 0 spiro atoms. The van der Waals surface area contributed by atoms with E-state index in [-0.39, 0.29) is 18.3 Å². The third-order valence-corrected chi connectivity index (χ3v) is 4.68. The van der Waals surface area contributed by atoms with Crippen LogP contribution in [0.15, 0.2) is 48.8 Å². The van der Waals surface area contributed by atoms with Crippen LogP contribution < -0.4 is 19.9 Å². The highest BCUT2D eigenvalue weighted by Gasteiger charge is 2.28. The fourth-order valence-electron chi connectivity index (χ4n) is 3.15. The number of ether oxygens (including phenoxy) is 1. The smallest absolute Gasteiger partial charge is 0.246 e. The molecule has 1 aliphatic heterocycles. The van der Waals surface area contributed by atoms with E-state index in [0.717, 1.165) is 11.4 Å². The van der Waals surface area contributed by atoms with E-state index in [9.17, 15) is 9.18 Å². The Morgan fingerprint density at radius 1 is 1.13 bits per heavy atom. The van der Waals surface area contributed by atoms with Crippen LogP contribution in [0.2, 0.25) is 0 Å². The molecule has 8 nitrogen and oxygen atoms in total. The molecular weight excluding hydrogens is 387 g/mol. The number of carbonyl (C=O) groups excluding carboxylic acids is 1. The number of aromatic nitrogens is 3. The lowest BCUT2D eigenvalue weighted by Crippen LogP contribution is -2.44. The Morgan fingerprint density at radius 2 is 1.93 bits per heavy atom. The van der Waals surface area contributed by atoms with Gasteiger partial charge in [-0.05, 0) is 36.8 Å².